The average Bonchev–Trinajstić information content (AvgIpc) is 2.00. The second-order valence-electron chi connectivity index (χ2n) is 2.48. The van der Waals surface area contributed by atoms with Gasteiger partial charge in [-0.15, -0.1) is 0 Å². The maximum absolute atomic E-state index is 10.4. The summed E-state index contributed by atoms with van der Waals surface area (Å²) >= 11 is 0. The fourth-order valence-corrected chi connectivity index (χ4v) is 0.702. The Morgan fingerprint density at radius 1 is 1.36 bits per heavy atom. The normalized spacial score (nSPS) is 11.6. The van der Waals surface area contributed by atoms with Gasteiger partial charge in [0.05, 0.1) is 11.3 Å². The summed E-state index contributed by atoms with van der Waals surface area (Å²) in [5.74, 6) is -1.27. The first kappa shape index (κ1) is 12.3. The molecule has 0 saturated carbocycles. The van der Waals surface area contributed by atoms with Crippen LogP contribution in [0, 0.1) is 10.1 Å². The summed E-state index contributed by atoms with van der Waals surface area (Å²) in [6, 6.07) is 0. The van der Waals surface area contributed by atoms with Crippen molar-refractivity contribution >= 4 is 11.9 Å². The second-order valence-corrected chi connectivity index (χ2v) is 2.48. The van der Waals surface area contributed by atoms with Gasteiger partial charge in [-0.05, 0) is 0 Å². The van der Waals surface area contributed by atoms with Crippen LogP contribution in [0.2, 0.25) is 0 Å². The van der Waals surface area contributed by atoms with Crippen LogP contribution in [0.1, 0.15) is 20.3 Å². The number of nitrogens with zero attached hydrogens (tertiary/aromatic N) is 1. The topological polar surface area (TPSA) is 95.7 Å². The van der Waals surface area contributed by atoms with Crippen LogP contribution in [-0.2, 0) is 19.1 Å². The van der Waals surface area contributed by atoms with Crippen molar-refractivity contribution in [3.8, 4) is 0 Å². The molecule has 0 spiro atoms. The van der Waals surface area contributed by atoms with Crippen molar-refractivity contribution in [3.63, 3.8) is 0 Å². The van der Waals surface area contributed by atoms with Crippen LogP contribution in [0.25, 0.3) is 0 Å². The Morgan fingerprint density at radius 3 is 2.29 bits per heavy atom. The third kappa shape index (κ3) is 5.92. The summed E-state index contributed by atoms with van der Waals surface area (Å²) < 4.78 is 8.83. The Bertz CT molecular complexity index is 238. The minimum Gasteiger partial charge on any atom is -0.465 e. The fraction of sp³-hybridized carbons (Fsp3) is 0.714. The van der Waals surface area contributed by atoms with Crippen LogP contribution in [0.5, 0.6) is 0 Å². The molecule has 0 amide bonds. The first-order valence-electron chi connectivity index (χ1n) is 3.87. The Morgan fingerprint density at radius 2 is 1.93 bits per heavy atom. The van der Waals surface area contributed by atoms with Gasteiger partial charge < -0.3 is 9.47 Å². The first-order chi connectivity index (χ1) is 6.43. The SMILES string of the molecule is CC(=O)OCCC(OC(C)=O)[N+](=O)[O-]. The fourth-order valence-electron chi connectivity index (χ4n) is 0.702. The highest BCUT2D eigenvalue weighted by Crippen LogP contribution is 2.00. The lowest BCUT2D eigenvalue weighted by Gasteiger charge is -2.08. The molecule has 0 N–H and O–H groups in total. The number of nitro groups is 1. The van der Waals surface area contributed by atoms with E-state index in [4.69, 9.17) is 0 Å². The molecule has 0 radical (unpaired) electrons. The number of hydrogen-bond donors (Lipinski definition) is 0. The number of rotatable bonds is 5. The van der Waals surface area contributed by atoms with Crippen molar-refractivity contribution < 1.29 is 24.0 Å². The lowest BCUT2D eigenvalue weighted by Crippen LogP contribution is -2.27. The number of carbonyl (C=O) groups excluding carboxylic acids is 2. The molecule has 7 heteroatoms. The van der Waals surface area contributed by atoms with Crippen LogP contribution in [0.3, 0.4) is 0 Å². The minimum absolute atomic E-state index is 0.145. The average molecular weight is 205 g/mol. The molecule has 0 rings (SSSR count). The standard InChI is InChI=1S/C7H11NO6/c1-5(9)13-4-3-7(8(11)12)14-6(2)10/h7H,3-4H2,1-2H3. The number of esters is 2. The van der Waals surface area contributed by atoms with Crippen molar-refractivity contribution in [1.82, 2.24) is 0 Å². The first-order valence-corrected chi connectivity index (χ1v) is 3.87. The molecule has 0 aromatic carbocycles. The smallest absolute Gasteiger partial charge is 0.359 e. The largest absolute Gasteiger partial charge is 0.465 e. The van der Waals surface area contributed by atoms with Gasteiger partial charge in [0.15, 0.2) is 0 Å². The summed E-state index contributed by atoms with van der Waals surface area (Å²) in [4.78, 5) is 30.3. The van der Waals surface area contributed by atoms with E-state index in [1.165, 1.54) is 6.92 Å². The maximum Gasteiger partial charge on any atom is 0.359 e. The van der Waals surface area contributed by atoms with Crippen molar-refractivity contribution in [1.29, 1.82) is 0 Å². The van der Waals surface area contributed by atoms with Gasteiger partial charge in [-0.2, -0.15) is 0 Å². The molecule has 1 unspecified atom stereocenters. The summed E-state index contributed by atoms with van der Waals surface area (Å²) in [7, 11) is 0. The van der Waals surface area contributed by atoms with Gasteiger partial charge in [0, 0.05) is 13.8 Å². The Labute approximate surface area is 80.1 Å². The lowest BCUT2D eigenvalue weighted by atomic mass is 10.4. The lowest BCUT2D eigenvalue weighted by molar-refractivity contribution is -0.569. The predicted molar refractivity (Wildman–Crippen MR) is 43.8 cm³/mol. The van der Waals surface area contributed by atoms with E-state index in [1.807, 2.05) is 0 Å². The molecule has 0 fully saturated rings. The molecule has 0 bridgehead atoms. The highest BCUT2D eigenvalue weighted by Gasteiger charge is 2.23. The van der Waals surface area contributed by atoms with E-state index in [9.17, 15) is 19.7 Å². The predicted octanol–water partition coefficient (Wildman–Crippen LogP) is 0.106. The van der Waals surface area contributed by atoms with Gasteiger partial charge >= 0.3 is 18.2 Å². The third-order valence-electron chi connectivity index (χ3n) is 1.21. The molecule has 80 valence electrons. The molecular formula is C7H11NO6. The molecular weight excluding hydrogens is 194 g/mol. The van der Waals surface area contributed by atoms with Crippen LogP contribution in [-0.4, -0.2) is 29.7 Å². The van der Waals surface area contributed by atoms with E-state index in [0.29, 0.717) is 0 Å². The summed E-state index contributed by atoms with van der Waals surface area (Å²) in [5, 5.41) is 10.3. The van der Waals surface area contributed by atoms with E-state index >= 15 is 0 Å². The molecule has 0 aromatic rings. The minimum atomic E-state index is -1.45. The van der Waals surface area contributed by atoms with Crippen molar-refractivity contribution in [2.45, 2.75) is 26.5 Å². The number of carbonyl (C=O) groups is 2. The number of hydrogen-bond acceptors (Lipinski definition) is 6. The van der Waals surface area contributed by atoms with Crippen LogP contribution in [0.4, 0.5) is 0 Å². The summed E-state index contributed by atoms with van der Waals surface area (Å²) in [5.41, 5.74) is 0. The zero-order valence-corrected chi connectivity index (χ0v) is 7.89. The second kappa shape index (κ2) is 5.90. The third-order valence-corrected chi connectivity index (χ3v) is 1.21. The van der Waals surface area contributed by atoms with Crippen LogP contribution >= 0.6 is 0 Å². The Balaban J connectivity index is 3.91. The van der Waals surface area contributed by atoms with E-state index in [1.54, 1.807) is 0 Å². The van der Waals surface area contributed by atoms with Crippen LogP contribution < -0.4 is 0 Å². The molecule has 7 nitrogen and oxygen atoms in total. The Hall–Kier alpha value is -1.66. The highest BCUT2D eigenvalue weighted by molar-refractivity contribution is 5.66. The molecule has 14 heavy (non-hydrogen) atoms. The van der Waals surface area contributed by atoms with Crippen LogP contribution in [0.15, 0.2) is 0 Å². The molecule has 0 aromatic heterocycles. The van der Waals surface area contributed by atoms with Crippen molar-refractivity contribution in [3.05, 3.63) is 10.1 Å². The highest BCUT2D eigenvalue weighted by atomic mass is 16.7. The molecule has 0 aliphatic rings. The van der Waals surface area contributed by atoms with Gasteiger partial charge in [-0.3, -0.25) is 19.7 Å². The van der Waals surface area contributed by atoms with E-state index < -0.39 is 23.1 Å². The van der Waals surface area contributed by atoms with Gasteiger partial charge in [-0.25, -0.2) is 0 Å². The summed E-state index contributed by atoms with van der Waals surface area (Å²) in [6.45, 7) is 2.11. The molecule has 0 aliphatic carbocycles. The molecule has 0 aliphatic heterocycles. The molecule has 1 atom stereocenters. The quantitative estimate of drug-likeness (QED) is 0.273. The summed E-state index contributed by atoms with van der Waals surface area (Å²) in [6.07, 6.45) is -1.60. The monoisotopic (exact) mass is 205 g/mol. The van der Waals surface area contributed by atoms with Gasteiger partial charge in [0.2, 0.25) is 0 Å². The van der Waals surface area contributed by atoms with Gasteiger partial charge in [0.25, 0.3) is 0 Å². The van der Waals surface area contributed by atoms with Gasteiger partial charge in [-0.1, -0.05) is 0 Å². The Kier molecular flexibility index (Phi) is 5.20. The van der Waals surface area contributed by atoms with Crippen molar-refractivity contribution in [2.75, 3.05) is 6.61 Å². The van der Waals surface area contributed by atoms with Gasteiger partial charge in [0.1, 0.15) is 6.61 Å². The number of ether oxygens (including phenoxy) is 2. The molecule has 0 saturated heterocycles. The van der Waals surface area contributed by atoms with Crippen molar-refractivity contribution in [2.24, 2.45) is 0 Å². The van der Waals surface area contributed by atoms with E-state index in [2.05, 4.69) is 9.47 Å². The zero-order valence-electron chi connectivity index (χ0n) is 7.89. The maximum atomic E-state index is 10.4. The van der Waals surface area contributed by atoms with E-state index in [0.717, 1.165) is 6.92 Å². The zero-order chi connectivity index (χ0) is 11.1. The van der Waals surface area contributed by atoms with E-state index in [-0.39, 0.29) is 13.0 Å². The molecule has 0 heterocycles.